The lowest BCUT2D eigenvalue weighted by Gasteiger charge is -2.25. The molecule has 1 fully saturated rings. The number of hydrogen-bond donors (Lipinski definition) is 2. The maximum Gasteiger partial charge on any atom is 0.226 e. The zero-order chi connectivity index (χ0) is 14.7. The van der Waals surface area contributed by atoms with E-state index in [1.807, 2.05) is 24.3 Å². The van der Waals surface area contributed by atoms with Crippen LogP contribution in [0.5, 0.6) is 5.75 Å². The van der Waals surface area contributed by atoms with Crippen molar-refractivity contribution in [2.75, 3.05) is 19.7 Å². The molecule has 0 radical (unpaired) electrons. The highest BCUT2D eigenvalue weighted by Gasteiger charge is 2.29. The fourth-order valence-corrected chi connectivity index (χ4v) is 3.57. The minimum atomic E-state index is -0.0716. The quantitative estimate of drug-likeness (QED) is 0.887. The van der Waals surface area contributed by atoms with E-state index in [9.17, 15) is 4.79 Å². The third-order valence-electron chi connectivity index (χ3n) is 4.91. The third kappa shape index (κ3) is 3.21. The summed E-state index contributed by atoms with van der Waals surface area (Å²) in [5.74, 6) is 2.09. The van der Waals surface area contributed by atoms with Crippen LogP contribution in [-0.4, -0.2) is 25.6 Å². The van der Waals surface area contributed by atoms with Gasteiger partial charge in [0.15, 0.2) is 0 Å². The molecule has 1 aliphatic heterocycles. The van der Waals surface area contributed by atoms with E-state index in [-0.39, 0.29) is 11.8 Å². The van der Waals surface area contributed by atoms with Crippen molar-refractivity contribution in [3.63, 3.8) is 0 Å². The van der Waals surface area contributed by atoms with E-state index in [2.05, 4.69) is 5.32 Å². The van der Waals surface area contributed by atoms with Crippen molar-refractivity contribution in [2.24, 2.45) is 23.5 Å². The Labute approximate surface area is 126 Å². The van der Waals surface area contributed by atoms with Crippen LogP contribution in [0.15, 0.2) is 24.3 Å². The summed E-state index contributed by atoms with van der Waals surface area (Å²) >= 11 is 0. The number of para-hydroxylation sites is 1. The Morgan fingerprint density at radius 1 is 1.29 bits per heavy atom. The molecule has 114 valence electrons. The van der Waals surface area contributed by atoms with Crippen molar-refractivity contribution in [1.82, 2.24) is 5.32 Å². The molecular formula is C17H24N2O2. The molecule has 0 spiro atoms. The van der Waals surface area contributed by atoms with Crippen LogP contribution in [0.2, 0.25) is 0 Å². The lowest BCUT2D eigenvalue weighted by Crippen LogP contribution is -2.40. The zero-order valence-corrected chi connectivity index (χ0v) is 12.4. The molecule has 3 rings (SSSR count). The standard InChI is InChI=1S/C17H24N2O2/c18-9-13-5-3-6-14(13)10-19-17(20)15-8-12-4-1-2-7-16(12)21-11-15/h1-2,4,7,13-15H,3,5-6,8-11,18H2,(H,19,20). The molecule has 0 saturated heterocycles. The number of nitrogens with two attached hydrogens (primary N) is 1. The molecule has 21 heavy (non-hydrogen) atoms. The Morgan fingerprint density at radius 3 is 2.95 bits per heavy atom. The predicted molar refractivity (Wildman–Crippen MR) is 82.0 cm³/mol. The molecule has 1 amide bonds. The monoisotopic (exact) mass is 288 g/mol. The van der Waals surface area contributed by atoms with E-state index < -0.39 is 0 Å². The van der Waals surface area contributed by atoms with Crippen molar-refractivity contribution >= 4 is 5.91 Å². The van der Waals surface area contributed by atoms with E-state index in [1.165, 1.54) is 19.3 Å². The molecule has 1 aromatic carbocycles. The van der Waals surface area contributed by atoms with E-state index >= 15 is 0 Å². The Morgan fingerprint density at radius 2 is 2.10 bits per heavy atom. The summed E-state index contributed by atoms with van der Waals surface area (Å²) in [5, 5.41) is 3.11. The number of ether oxygens (including phenoxy) is 1. The van der Waals surface area contributed by atoms with Gasteiger partial charge in [0.25, 0.3) is 0 Å². The number of carbonyl (C=O) groups excluding carboxylic acids is 1. The Kier molecular flexibility index (Phi) is 4.44. The summed E-state index contributed by atoms with van der Waals surface area (Å²) in [4.78, 5) is 12.3. The largest absolute Gasteiger partial charge is 0.492 e. The normalized spacial score (nSPS) is 27.8. The van der Waals surface area contributed by atoms with Crippen LogP contribution >= 0.6 is 0 Å². The SMILES string of the molecule is NCC1CCCC1CNC(=O)C1COc2ccccc2C1. The fourth-order valence-electron chi connectivity index (χ4n) is 3.57. The van der Waals surface area contributed by atoms with Crippen molar-refractivity contribution in [2.45, 2.75) is 25.7 Å². The summed E-state index contributed by atoms with van der Waals surface area (Å²) in [6.07, 6.45) is 4.40. The number of benzene rings is 1. The topological polar surface area (TPSA) is 64.3 Å². The van der Waals surface area contributed by atoms with Crippen molar-refractivity contribution < 1.29 is 9.53 Å². The zero-order valence-electron chi connectivity index (χ0n) is 12.4. The van der Waals surface area contributed by atoms with E-state index in [0.717, 1.165) is 30.8 Å². The molecule has 2 aliphatic rings. The van der Waals surface area contributed by atoms with Crippen LogP contribution < -0.4 is 15.8 Å². The van der Waals surface area contributed by atoms with Crippen molar-refractivity contribution in [1.29, 1.82) is 0 Å². The molecule has 1 aromatic rings. The number of fused-ring (bicyclic) bond motifs is 1. The fraction of sp³-hybridized carbons (Fsp3) is 0.588. The number of rotatable bonds is 4. The number of hydrogen-bond acceptors (Lipinski definition) is 3. The van der Waals surface area contributed by atoms with Gasteiger partial charge in [-0.05, 0) is 49.3 Å². The van der Waals surface area contributed by atoms with Crippen LogP contribution in [0, 0.1) is 17.8 Å². The van der Waals surface area contributed by atoms with E-state index in [0.29, 0.717) is 18.4 Å². The summed E-state index contributed by atoms with van der Waals surface area (Å²) in [6.45, 7) is 1.98. The summed E-state index contributed by atoms with van der Waals surface area (Å²) in [5.41, 5.74) is 6.92. The second-order valence-electron chi connectivity index (χ2n) is 6.25. The average molecular weight is 288 g/mol. The van der Waals surface area contributed by atoms with Crippen LogP contribution in [-0.2, 0) is 11.2 Å². The first kappa shape index (κ1) is 14.4. The maximum absolute atomic E-state index is 12.3. The summed E-state index contributed by atoms with van der Waals surface area (Å²) in [6, 6.07) is 7.96. The first-order valence-electron chi connectivity index (χ1n) is 7.96. The minimum absolute atomic E-state index is 0.0716. The third-order valence-corrected chi connectivity index (χ3v) is 4.91. The highest BCUT2D eigenvalue weighted by Crippen LogP contribution is 2.31. The summed E-state index contributed by atoms with van der Waals surface area (Å²) < 4.78 is 5.69. The summed E-state index contributed by atoms with van der Waals surface area (Å²) in [7, 11) is 0. The molecule has 1 saturated carbocycles. The smallest absolute Gasteiger partial charge is 0.226 e. The van der Waals surface area contributed by atoms with Gasteiger partial charge in [-0.2, -0.15) is 0 Å². The molecule has 4 heteroatoms. The maximum atomic E-state index is 12.3. The molecule has 3 unspecified atom stereocenters. The first-order chi connectivity index (χ1) is 10.3. The molecule has 3 N–H and O–H groups in total. The van der Waals surface area contributed by atoms with Crippen molar-refractivity contribution in [3.8, 4) is 5.75 Å². The van der Waals surface area contributed by atoms with Gasteiger partial charge in [0.2, 0.25) is 5.91 Å². The molecular weight excluding hydrogens is 264 g/mol. The van der Waals surface area contributed by atoms with Gasteiger partial charge >= 0.3 is 0 Å². The highest BCUT2D eigenvalue weighted by molar-refractivity contribution is 5.79. The Hall–Kier alpha value is -1.55. The van der Waals surface area contributed by atoms with Gasteiger partial charge in [-0.3, -0.25) is 4.79 Å². The van der Waals surface area contributed by atoms with E-state index in [1.54, 1.807) is 0 Å². The lowest BCUT2D eigenvalue weighted by atomic mass is 9.94. The van der Waals surface area contributed by atoms with Gasteiger partial charge in [0.1, 0.15) is 12.4 Å². The number of carbonyl (C=O) groups is 1. The van der Waals surface area contributed by atoms with Crippen LogP contribution in [0.4, 0.5) is 0 Å². The van der Waals surface area contributed by atoms with E-state index in [4.69, 9.17) is 10.5 Å². The molecule has 0 bridgehead atoms. The van der Waals surface area contributed by atoms with Gasteiger partial charge in [-0.15, -0.1) is 0 Å². The van der Waals surface area contributed by atoms with Gasteiger partial charge < -0.3 is 15.8 Å². The average Bonchev–Trinajstić information content (AvgIpc) is 2.99. The van der Waals surface area contributed by atoms with Gasteiger partial charge in [-0.25, -0.2) is 0 Å². The molecule has 1 heterocycles. The minimum Gasteiger partial charge on any atom is -0.492 e. The Bertz CT molecular complexity index is 503. The van der Waals surface area contributed by atoms with Gasteiger partial charge in [0, 0.05) is 6.54 Å². The molecule has 3 atom stereocenters. The highest BCUT2D eigenvalue weighted by atomic mass is 16.5. The molecule has 1 aliphatic carbocycles. The lowest BCUT2D eigenvalue weighted by molar-refractivity contribution is -0.126. The second-order valence-corrected chi connectivity index (χ2v) is 6.25. The van der Waals surface area contributed by atoms with Crippen LogP contribution in [0.1, 0.15) is 24.8 Å². The molecule has 0 aromatic heterocycles. The molecule has 4 nitrogen and oxygen atoms in total. The number of nitrogens with one attached hydrogen (secondary N) is 1. The van der Waals surface area contributed by atoms with Crippen LogP contribution in [0.25, 0.3) is 0 Å². The van der Waals surface area contributed by atoms with Crippen LogP contribution in [0.3, 0.4) is 0 Å². The second kappa shape index (κ2) is 6.48. The van der Waals surface area contributed by atoms with Gasteiger partial charge in [0.05, 0.1) is 5.92 Å². The Balaban J connectivity index is 1.52. The first-order valence-corrected chi connectivity index (χ1v) is 7.96. The number of amides is 1. The van der Waals surface area contributed by atoms with Crippen molar-refractivity contribution in [3.05, 3.63) is 29.8 Å². The predicted octanol–water partition coefficient (Wildman–Crippen LogP) is 1.73. The van der Waals surface area contributed by atoms with Gasteiger partial charge in [-0.1, -0.05) is 24.6 Å².